The Hall–Kier alpha value is -2.22. The van der Waals surface area contributed by atoms with Gasteiger partial charge in [-0.15, -0.1) is 0 Å². The molecule has 0 aliphatic carbocycles. The van der Waals surface area contributed by atoms with Gasteiger partial charge in [-0.2, -0.15) is 4.31 Å². The quantitative estimate of drug-likeness (QED) is 0.647. The molecule has 162 valence electrons. The summed E-state index contributed by atoms with van der Waals surface area (Å²) in [6, 6.07) is 16.6. The maximum Gasteiger partial charge on any atom is 0.253 e. The fourth-order valence-corrected chi connectivity index (χ4v) is 5.09. The second-order valence-electron chi connectivity index (χ2n) is 7.77. The number of hydrogen-bond donors (Lipinski definition) is 0. The van der Waals surface area contributed by atoms with Crippen molar-refractivity contribution in [1.82, 2.24) is 14.1 Å². The average Bonchev–Trinajstić information content (AvgIpc) is 2.78. The lowest BCUT2D eigenvalue weighted by atomic mass is 10.2. The summed E-state index contributed by atoms with van der Waals surface area (Å²) in [5.74, 6) is -0.145. The van der Waals surface area contributed by atoms with E-state index in [-0.39, 0.29) is 10.8 Å². The topological polar surface area (TPSA) is 60.9 Å². The average molecular weight is 430 g/mol. The Balaban J connectivity index is 1.65. The first kappa shape index (κ1) is 22.5. The van der Waals surface area contributed by atoms with Crippen molar-refractivity contribution in [3.05, 3.63) is 65.7 Å². The predicted molar refractivity (Wildman–Crippen MR) is 119 cm³/mol. The number of hydrogen-bond acceptors (Lipinski definition) is 4. The highest BCUT2D eigenvalue weighted by Crippen LogP contribution is 2.20. The summed E-state index contributed by atoms with van der Waals surface area (Å²) in [5.41, 5.74) is 1.64. The SMILES string of the molecule is CCCCN(C)C(=O)c1cccc(S(=O)(=O)N2CCN(Cc3ccccc3)CC2)c1. The van der Waals surface area contributed by atoms with Crippen molar-refractivity contribution < 1.29 is 13.2 Å². The van der Waals surface area contributed by atoms with Gasteiger partial charge in [0.15, 0.2) is 0 Å². The first-order chi connectivity index (χ1) is 14.4. The van der Waals surface area contributed by atoms with Gasteiger partial charge in [0, 0.05) is 51.9 Å². The van der Waals surface area contributed by atoms with Gasteiger partial charge >= 0.3 is 0 Å². The van der Waals surface area contributed by atoms with Gasteiger partial charge in [-0.1, -0.05) is 49.7 Å². The van der Waals surface area contributed by atoms with Crippen molar-refractivity contribution >= 4 is 15.9 Å². The number of carbonyl (C=O) groups is 1. The molecule has 0 spiro atoms. The molecule has 1 amide bonds. The lowest BCUT2D eigenvalue weighted by molar-refractivity contribution is 0.0793. The number of benzene rings is 2. The summed E-state index contributed by atoms with van der Waals surface area (Å²) >= 11 is 0. The standard InChI is InChI=1S/C23H31N3O3S/c1-3-4-13-24(2)23(27)21-11-8-12-22(18-21)30(28,29)26-16-14-25(15-17-26)19-20-9-6-5-7-10-20/h5-12,18H,3-4,13-17,19H2,1-2H3. The van der Waals surface area contributed by atoms with Crippen molar-refractivity contribution in [2.75, 3.05) is 39.8 Å². The van der Waals surface area contributed by atoms with Crippen LogP contribution in [0.4, 0.5) is 0 Å². The molecule has 0 radical (unpaired) electrons. The molecule has 2 aromatic carbocycles. The molecule has 0 atom stereocenters. The van der Waals surface area contributed by atoms with Crippen LogP contribution in [-0.4, -0.2) is 68.2 Å². The van der Waals surface area contributed by atoms with Gasteiger partial charge in [-0.3, -0.25) is 9.69 Å². The van der Waals surface area contributed by atoms with E-state index in [0.29, 0.717) is 38.3 Å². The van der Waals surface area contributed by atoms with E-state index >= 15 is 0 Å². The monoisotopic (exact) mass is 429 g/mol. The number of sulfonamides is 1. The van der Waals surface area contributed by atoms with Crippen LogP contribution in [-0.2, 0) is 16.6 Å². The third-order valence-electron chi connectivity index (χ3n) is 5.49. The zero-order valence-corrected chi connectivity index (χ0v) is 18.6. The van der Waals surface area contributed by atoms with Crippen LogP contribution in [0.3, 0.4) is 0 Å². The van der Waals surface area contributed by atoms with Crippen molar-refractivity contribution in [2.24, 2.45) is 0 Å². The number of rotatable bonds is 8. The Morgan fingerprint density at radius 1 is 1.00 bits per heavy atom. The number of unbranched alkanes of at least 4 members (excludes halogenated alkanes) is 1. The normalized spacial score (nSPS) is 15.8. The number of piperazine rings is 1. The maximum atomic E-state index is 13.2. The van der Waals surface area contributed by atoms with E-state index in [0.717, 1.165) is 19.4 Å². The van der Waals surface area contributed by atoms with E-state index in [1.165, 1.54) is 15.9 Å². The summed E-state index contributed by atoms with van der Waals surface area (Å²) in [7, 11) is -1.87. The Morgan fingerprint density at radius 3 is 2.37 bits per heavy atom. The molecular weight excluding hydrogens is 398 g/mol. The highest BCUT2D eigenvalue weighted by Gasteiger charge is 2.29. The first-order valence-corrected chi connectivity index (χ1v) is 12.0. The van der Waals surface area contributed by atoms with Gasteiger partial charge in [0.25, 0.3) is 5.91 Å². The molecule has 2 aromatic rings. The third kappa shape index (κ3) is 5.47. The summed E-state index contributed by atoms with van der Waals surface area (Å²) in [5, 5.41) is 0. The minimum atomic E-state index is -3.62. The zero-order chi connectivity index (χ0) is 21.6. The summed E-state index contributed by atoms with van der Waals surface area (Å²) in [6.45, 7) is 5.83. The predicted octanol–water partition coefficient (Wildman–Crippen LogP) is 3.07. The first-order valence-electron chi connectivity index (χ1n) is 10.5. The fraction of sp³-hybridized carbons (Fsp3) is 0.435. The lowest BCUT2D eigenvalue weighted by Gasteiger charge is -2.34. The molecule has 1 fully saturated rings. The molecule has 0 saturated carbocycles. The second kappa shape index (κ2) is 10.2. The number of amides is 1. The third-order valence-corrected chi connectivity index (χ3v) is 7.39. The maximum absolute atomic E-state index is 13.2. The minimum absolute atomic E-state index is 0.145. The summed E-state index contributed by atoms with van der Waals surface area (Å²) in [4.78, 5) is 16.7. The Labute approximate surface area is 180 Å². The number of carbonyl (C=O) groups excluding carboxylic acids is 1. The van der Waals surface area contributed by atoms with E-state index < -0.39 is 10.0 Å². The smallest absolute Gasteiger partial charge is 0.253 e. The molecular formula is C23H31N3O3S. The Kier molecular flexibility index (Phi) is 7.64. The van der Waals surface area contributed by atoms with Crippen LogP contribution in [0.25, 0.3) is 0 Å². The minimum Gasteiger partial charge on any atom is -0.342 e. The largest absolute Gasteiger partial charge is 0.342 e. The molecule has 6 nitrogen and oxygen atoms in total. The van der Waals surface area contributed by atoms with E-state index in [4.69, 9.17) is 0 Å². The van der Waals surface area contributed by atoms with Crippen LogP contribution < -0.4 is 0 Å². The fourth-order valence-electron chi connectivity index (χ4n) is 3.63. The van der Waals surface area contributed by atoms with Crippen LogP contribution >= 0.6 is 0 Å². The molecule has 7 heteroatoms. The van der Waals surface area contributed by atoms with Crippen molar-refractivity contribution in [3.8, 4) is 0 Å². The summed E-state index contributed by atoms with van der Waals surface area (Å²) in [6.07, 6.45) is 1.93. The molecule has 0 unspecified atom stereocenters. The molecule has 1 aliphatic rings. The van der Waals surface area contributed by atoms with Gasteiger partial charge in [0.05, 0.1) is 4.90 Å². The van der Waals surface area contributed by atoms with E-state index in [2.05, 4.69) is 24.0 Å². The van der Waals surface area contributed by atoms with Gasteiger partial charge < -0.3 is 4.90 Å². The Morgan fingerprint density at radius 2 is 1.70 bits per heavy atom. The van der Waals surface area contributed by atoms with Gasteiger partial charge in [0.2, 0.25) is 10.0 Å². The molecule has 0 N–H and O–H groups in total. The highest BCUT2D eigenvalue weighted by atomic mass is 32.2. The van der Waals surface area contributed by atoms with Crippen molar-refractivity contribution in [1.29, 1.82) is 0 Å². The van der Waals surface area contributed by atoms with Crippen LogP contribution in [0, 0.1) is 0 Å². The zero-order valence-electron chi connectivity index (χ0n) is 17.8. The van der Waals surface area contributed by atoms with E-state index in [1.807, 2.05) is 18.2 Å². The molecule has 0 bridgehead atoms. The van der Waals surface area contributed by atoms with Crippen molar-refractivity contribution in [3.63, 3.8) is 0 Å². The number of nitrogens with zero attached hydrogens (tertiary/aromatic N) is 3. The molecule has 3 rings (SSSR count). The second-order valence-corrected chi connectivity index (χ2v) is 9.71. The summed E-state index contributed by atoms with van der Waals surface area (Å²) < 4.78 is 27.8. The molecule has 1 aliphatic heterocycles. The van der Waals surface area contributed by atoms with Crippen LogP contribution in [0.15, 0.2) is 59.5 Å². The molecule has 1 heterocycles. The van der Waals surface area contributed by atoms with E-state index in [1.54, 1.807) is 30.1 Å². The van der Waals surface area contributed by atoms with Crippen LogP contribution in [0.1, 0.15) is 35.7 Å². The molecule has 30 heavy (non-hydrogen) atoms. The van der Waals surface area contributed by atoms with Gasteiger partial charge in [-0.25, -0.2) is 8.42 Å². The lowest BCUT2D eigenvalue weighted by Crippen LogP contribution is -2.48. The highest BCUT2D eigenvalue weighted by molar-refractivity contribution is 7.89. The van der Waals surface area contributed by atoms with Crippen LogP contribution in [0.2, 0.25) is 0 Å². The van der Waals surface area contributed by atoms with Gasteiger partial charge in [0.1, 0.15) is 0 Å². The Bertz CT molecular complexity index is 939. The molecule has 1 saturated heterocycles. The molecule has 0 aromatic heterocycles. The van der Waals surface area contributed by atoms with Crippen molar-refractivity contribution in [2.45, 2.75) is 31.2 Å². The van der Waals surface area contributed by atoms with Gasteiger partial charge in [-0.05, 0) is 30.2 Å². The van der Waals surface area contributed by atoms with Crippen LogP contribution in [0.5, 0.6) is 0 Å². The van der Waals surface area contributed by atoms with E-state index in [9.17, 15) is 13.2 Å².